The first-order chi connectivity index (χ1) is 12.7. The van der Waals surface area contributed by atoms with Crippen LogP contribution in [0.5, 0.6) is 0 Å². The fraction of sp³-hybridized carbons (Fsp3) is 0.556. The van der Waals surface area contributed by atoms with Crippen molar-refractivity contribution in [1.82, 2.24) is 20.3 Å². The van der Waals surface area contributed by atoms with Crippen LogP contribution in [0.15, 0.2) is 28.9 Å². The molecule has 2 aliphatic rings. The zero-order valence-corrected chi connectivity index (χ0v) is 15.0. The summed E-state index contributed by atoms with van der Waals surface area (Å²) in [6, 6.07) is 5.69. The van der Waals surface area contributed by atoms with Crippen molar-refractivity contribution >= 4 is 17.5 Å². The van der Waals surface area contributed by atoms with Crippen molar-refractivity contribution in [1.29, 1.82) is 0 Å². The van der Waals surface area contributed by atoms with Gasteiger partial charge in [0, 0.05) is 45.3 Å². The molecule has 0 atom stereocenters. The molecule has 2 saturated heterocycles. The summed E-state index contributed by atoms with van der Waals surface area (Å²) in [5.74, 6) is 2.81. The zero-order chi connectivity index (χ0) is 17.9. The first-order valence-electron chi connectivity index (χ1n) is 9.24. The van der Waals surface area contributed by atoms with Crippen LogP contribution in [0.3, 0.4) is 0 Å². The van der Waals surface area contributed by atoms with Crippen molar-refractivity contribution < 1.29 is 9.32 Å². The number of piperazine rings is 1. The number of rotatable bonds is 3. The SMILES string of the molecule is CC1CCN(c2ccc(N3CCN(C(=O)c4ccno4)CC3)nn2)CC1. The predicted molar refractivity (Wildman–Crippen MR) is 97.3 cm³/mol. The number of amides is 1. The molecule has 0 aliphatic carbocycles. The molecular formula is C18H24N6O2. The van der Waals surface area contributed by atoms with Crippen LogP contribution in [0.4, 0.5) is 11.6 Å². The summed E-state index contributed by atoms with van der Waals surface area (Å²) in [5.41, 5.74) is 0. The quantitative estimate of drug-likeness (QED) is 0.827. The Morgan fingerprint density at radius 3 is 2.12 bits per heavy atom. The highest BCUT2D eigenvalue weighted by atomic mass is 16.5. The van der Waals surface area contributed by atoms with Gasteiger partial charge in [0.15, 0.2) is 11.6 Å². The Morgan fingerprint density at radius 2 is 1.58 bits per heavy atom. The maximum atomic E-state index is 12.3. The van der Waals surface area contributed by atoms with Crippen LogP contribution in [0.1, 0.15) is 30.3 Å². The van der Waals surface area contributed by atoms with Crippen LogP contribution in [0.25, 0.3) is 0 Å². The van der Waals surface area contributed by atoms with Crippen molar-refractivity contribution in [3.63, 3.8) is 0 Å². The number of aromatic nitrogens is 3. The Bertz CT molecular complexity index is 717. The molecule has 0 N–H and O–H groups in total. The standard InChI is InChI=1S/C18H24N6O2/c1-14-5-8-22(9-6-14)16-2-3-17(21-20-16)23-10-12-24(13-11-23)18(25)15-4-7-19-26-15/h2-4,7,14H,5-6,8-13H2,1H3. The summed E-state index contributed by atoms with van der Waals surface area (Å²) in [7, 11) is 0. The van der Waals surface area contributed by atoms with Gasteiger partial charge in [-0.05, 0) is 30.9 Å². The summed E-state index contributed by atoms with van der Waals surface area (Å²) in [6.07, 6.45) is 3.92. The van der Waals surface area contributed by atoms with Gasteiger partial charge in [-0.2, -0.15) is 0 Å². The largest absolute Gasteiger partial charge is 0.355 e. The van der Waals surface area contributed by atoms with Crippen molar-refractivity contribution in [2.45, 2.75) is 19.8 Å². The highest BCUT2D eigenvalue weighted by Gasteiger charge is 2.25. The van der Waals surface area contributed by atoms with Gasteiger partial charge in [0.05, 0.1) is 6.20 Å². The fourth-order valence-electron chi connectivity index (χ4n) is 3.51. The molecule has 26 heavy (non-hydrogen) atoms. The van der Waals surface area contributed by atoms with E-state index in [0.717, 1.165) is 43.7 Å². The molecule has 138 valence electrons. The summed E-state index contributed by atoms with van der Waals surface area (Å²) in [4.78, 5) is 18.5. The molecule has 0 aromatic carbocycles. The van der Waals surface area contributed by atoms with Crippen molar-refractivity contribution in [3.8, 4) is 0 Å². The molecular weight excluding hydrogens is 332 g/mol. The molecule has 0 unspecified atom stereocenters. The monoisotopic (exact) mass is 356 g/mol. The van der Waals surface area contributed by atoms with Crippen LogP contribution in [-0.2, 0) is 0 Å². The molecule has 0 saturated carbocycles. The van der Waals surface area contributed by atoms with Gasteiger partial charge in [0.1, 0.15) is 0 Å². The van der Waals surface area contributed by atoms with E-state index < -0.39 is 0 Å². The van der Waals surface area contributed by atoms with Crippen molar-refractivity contribution in [3.05, 3.63) is 30.2 Å². The van der Waals surface area contributed by atoms with Crippen LogP contribution in [-0.4, -0.2) is 65.4 Å². The van der Waals surface area contributed by atoms with Gasteiger partial charge in [-0.1, -0.05) is 12.1 Å². The Hall–Kier alpha value is -2.64. The third-order valence-electron chi connectivity index (χ3n) is 5.28. The molecule has 2 aliphatic heterocycles. The van der Waals surface area contributed by atoms with Crippen LogP contribution in [0, 0.1) is 5.92 Å². The van der Waals surface area contributed by atoms with Gasteiger partial charge in [-0.15, -0.1) is 10.2 Å². The smallest absolute Gasteiger partial charge is 0.292 e. The lowest BCUT2D eigenvalue weighted by molar-refractivity contribution is 0.0704. The molecule has 2 aromatic heterocycles. The first kappa shape index (κ1) is 16.8. The molecule has 0 spiro atoms. The molecule has 4 heterocycles. The molecule has 4 rings (SSSR count). The van der Waals surface area contributed by atoms with Gasteiger partial charge >= 0.3 is 0 Å². The van der Waals surface area contributed by atoms with Gasteiger partial charge in [-0.25, -0.2) is 0 Å². The molecule has 2 aromatic rings. The summed E-state index contributed by atoms with van der Waals surface area (Å²) in [5, 5.41) is 12.4. The number of carbonyl (C=O) groups is 1. The molecule has 1 amide bonds. The highest BCUT2D eigenvalue weighted by Crippen LogP contribution is 2.22. The summed E-state index contributed by atoms with van der Waals surface area (Å²) < 4.78 is 4.96. The average Bonchev–Trinajstić information content (AvgIpc) is 3.23. The summed E-state index contributed by atoms with van der Waals surface area (Å²) in [6.45, 7) is 7.14. The van der Waals surface area contributed by atoms with Gasteiger partial charge in [-0.3, -0.25) is 4.79 Å². The maximum Gasteiger partial charge on any atom is 0.292 e. The second-order valence-electron chi connectivity index (χ2n) is 7.08. The minimum Gasteiger partial charge on any atom is -0.355 e. The predicted octanol–water partition coefficient (Wildman–Crippen LogP) is 1.66. The molecule has 8 nitrogen and oxygen atoms in total. The van der Waals surface area contributed by atoms with E-state index >= 15 is 0 Å². The average molecular weight is 356 g/mol. The Kier molecular flexibility index (Phi) is 4.73. The topological polar surface area (TPSA) is 78.6 Å². The van der Waals surface area contributed by atoms with E-state index in [1.54, 1.807) is 11.0 Å². The molecule has 0 radical (unpaired) electrons. The van der Waals surface area contributed by atoms with Crippen LogP contribution >= 0.6 is 0 Å². The van der Waals surface area contributed by atoms with Gasteiger partial charge in [0.2, 0.25) is 5.76 Å². The second kappa shape index (κ2) is 7.31. The number of hydrogen-bond acceptors (Lipinski definition) is 7. The van der Waals surface area contributed by atoms with Crippen LogP contribution in [0.2, 0.25) is 0 Å². The Labute approximate surface area is 152 Å². The zero-order valence-electron chi connectivity index (χ0n) is 15.0. The minimum atomic E-state index is -0.108. The molecule has 0 bridgehead atoms. The third-order valence-corrected chi connectivity index (χ3v) is 5.28. The van der Waals surface area contributed by atoms with Crippen LogP contribution < -0.4 is 9.80 Å². The van der Waals surface area contributed by atoms with E-state index in [0.29, 0.717) is 18.8 Å². The number of piperidine rings is 1. The van der Waals surface area contributed by atoms with E-state index in [2.05, 4.69) is 38.1 Å². The summed E-state index contributed by atoms with van der Waals surface area (Å²) >= 11 is 0. The van der Waals surface area contributed by atoms with E-state index in [-0.39, 0.29) is 5.91 Å². The Morgan fingerprint density at radius 1 is 0.962 bits per heavy atom. The van der Waals surface area contributed by atoms with Crippen molar-refractivity contribution in [2.24, 2.45) is 5.92 Å². The molecule has 8 heteroatoms. The maximum absolute atomic E-state index is 12.3. The number of hydrogen-bond donors (Lipinski definition) is 0. The first-order valence-corrected chi connectivity index (χ1v) is 9.24. The lowest BCUT2D eigenvalue weighted by Crippen LogP contribution is -2.49. The van der Waals surface area contributed by atoms with E-state index in [1.165, 1.54) is 19.0 Å². The van der Waals surface area contributed by atoms with Crippen molar-refractivity contribution in [2.75, 3.05) is 49.1 Å². The Balaban J connectivity index is 1.34. The number of nitrogens with zero attached hydrogens (tertiary/aromatic N) is 6. The lowest BCUT2D eigenvalue weighted by atomic mass is 9.99. The number of anilines is 2. The van der Waals surface area contributed by atoms with Gasteiger partial charge in [0.25, 0.3) is 5.91 Å². The third kappa shape index (κ3) is 3.49. The lowest BCUT2D eigenvalue weighted by Gasteiger charge is -2.35. The number of carbonyl (C=O) groups excluding carboxylic acids is 1. The fourth-order valence-corrected chi connectivity index (χ4v) is 3.51. The van der Waals surface area contributed by atoms with E-state index in [4.69, 9.17) is 4.52 Å². The second-order valence-corrected chi connectivity index (χ2v) is 7.08. The molecule has 2 fully saturated rings. The normalized spacial score (nSPS) is 19.0. The minimum absolute atomic E-state index is 0.108. The van der Waals surface area contributed by atoms with E-state index in [9.17, 15) is 4.79 Å². The van der Waals surface area contributed by atoms with E-state index in [1.807, 2.05) is 6.07 Å². The van der Waals surface area contributed by atoms with Gasteiger partial charge < -0.3 is 19.2 Å². The highest BCUT2D eigenvalue weighted by molar-refractivity contribution is 5.91.